The molecule has 0 aliphatic heterocycles. The SMILES string of the molecule is Cc1ccc(-n2nc(C)c(NC(=O)CN[C@H](C)c3ccc(Cl)cc3)c2C)cc1. The topological polar surface area (TPSA) is 59.0 Å². The summed E-state index contributed by atoms with van der Waals surface area (Å²) in [6.07, 6.45) is 0. The van der Waals surface area contributed by atoms with Crippen molar-refractivity contribution in [2.75, 3.05) is 11.9 Å². The molecular weight excluding hydrogens is 372 g/mol. The second-order valence-corrected chi connectivity index (χ2v) is 7.43. The molecule has 2 aromatic carbocycles. The molecule has 0 saturated heterocycles. The highest BCUT2D eigenvalue weighted by molar-refractivity contribution is 6.30. The summed E-state index contributed by atoms with van der Waals surface area (Å²) in [7, 11) is 0. The van der Waals surface area contributed by atoms with E-state index in [0.717, 1.165) is 28.3 Å². The van der Waals surface area contributed by atoms with Crippen LogP contribution in [0.25, 0.3) is 5.69 Å². The fourth-order valence-corrected chi connectivity index (χ4v) is 3.19. The molecule has 1 aromatic heterocycles. The van der Waals surface area contributed by atoms with Crippen molar-refractivity contribution in [3.05, 3.63) is 76.1 Å². The number of nitrogens with one attached hydrogen (secondary N) is 2. The summed E-state index contributed by atoms with van der Waals surface area (Å²) in [4.78, 5) is 12.5. The highest BCUT2D eigenvalue weighted by atomic mass is 35.5. The predicted molar refractivity (Wildman–Crippen MR) is 114 cm³/mol. The molecule has 5 nitrogen and oxygen atoms in total. The number of carbonyl (C=O) groups excluding carboxylic acids is 1. The van der Waals surface area contributed by atoms with E-state index < -0.39 is 0 Å². The molecule has 0 saturated carbocycles. The van der Waals surface area contributed by atoms with E-state index >= 15 is 0 Å². The van der Waals surface area contributed by atoms with Crippen molar-refractivity contribution in [1.82, 2.24) is 15.1 Å². The van der Waals surface area contributed by atoms with Crippen LogP contribution in [-0.2, 0) is 4.79 Å². The standard InChI is InChI=1S/C22H25ClN4O/c1-14-5-11-20(12-6-14)27-17(4)22(16(3)26-27)25-21(28)13-24-15(2)18-7-9-19(23)10-8-18/h5-12,15,24H,13H2,1-4H3,(H,25,28)/t15-/m1/s1. The third-order valence-corrected chi connectivity index (χ3v) is 5.03. The van der Waals surface area contributed by atoms with Crippen molar-refractivity contribution in [2.24, 2.45) is 0 Å². The number of hydrogen-bond donors (Lipinski definition) is 2. The lowest BCUT2D eigenvalue weighted by Crippen LogP contribution is -2.30. The number of halogens is 1. The van der Waals surface area contributed by atoms with Crippen molar-refractivity contribution < 1.29 is 4.79 Å². The number of amides is 1. The summed E-state index contributed by atoms with van der Waals surface area (Å²) in [5, 5.41) is 11.5. The Bertz CT molecular complexity index is 961. The van der Waals surface area contributed by atoms with Gasteiger partial charge in [0, 0.05) is 11.1 Å². The zero-order valence-corrected chi connectivity index (χ0v) is 17.3. The first-order chi connectivity index (χ1) is 13.3. The number of nitrogens with zero attached hydrogens (tertiary/aromatic N) is 2. The van der Waals surface area contributed by atoms with Gasteiger partial charge in [-0.15, -0.1) is 0 Å². The van der Waals surface area contributed by atoms with Crippen molar-refractivity contribution in [1.29, 1.82) is 0 Å². The molecule has 0 aliphatic carbocycles. The van der Waals surface area contributed by atoms with Crippen LogP contribution in [0.3, 0.4) is 0 Å². The van der Waals surface area contributed by atoms with Crippen LogP contribution in [0.1, 0.15) is 35.5 Å². The van der Waals surface area contributed by atoms with E-state index in [-0.39, 0.29) is 18.5 Å². The quantitative estimate of drug-likeness (QED) is 0.632. The Hall–Kier alpha value is -2.63. The Balaban J connectivity index is 1.65. The number of carbonyl (C=O) groups is 1. The minimum atomic E-state index is -0.101. The van der Waals surface area contributed by atoms with Crippen LogP contribution in [-0.4, -0.2) is 22.2 Å². The zero-order valence-electron chi connectivity index (χ0n) is 16.6. The van der Waals surface area contributed by atoms with Gasteiger partial charge in [0.05, 0.1) is 29.3 Å². The Labute approximate surface area is 170 Å². The molecule has 0 aliphatic rings. The summed E-state index contributed by atoms with van der Waals surface area (Å²) >= 11 is 5.93. The summed E-state index contributed by atoms with van der Waals surface area (Å²) in [5.74, 6) is -0.101. The van der Waals surface area contributed by atoms with E-state index in [1.165, 1.54) is 5.56 Å². The van der Waals surface area contributed by atoms with Gasteiger partial charge in [-0.3, -0.25) is 4.79 Å². The van der Waals surface area contributed by atoms with Gasteiger partial charge in [-0.2, -0.15) is 5.10 Å². The minimum Gasteiger partial charge on any atom is -0.322 e. The van der Waals surface area contributed by atoms with Crippen LogP contribution in [0.2, 0.25) is 5.02 Å². The number of hydrogen-bond acceptors (Lipinski definition) is 3. The van der Waals surface area contributed by atoms with Crippen molar-refractivity contribution in [3.63, 3.8) is 0 Å². The van der Waals surface area contributed by atoms with Gasteiger partial charge >= 0.3 is 0 Å². The maximum Gasteiger partial charge on any atom is 0.238 e. The van der Waals surface area contributed by atoms with Gasteiger partial charge in [0.25, 0.3) is 0 Å². The van der Waals surface area contributed by atoms with Crippen LogP contribution in [0.4, 0.5) is 5.69 Å². The molecule has 0 fully saturated rings. The van der Waals surface area contributed by atoms with Gasteiger partial charge in [-0.05, 0) is 57.5 Å². The second-order valence-electron chi connectivity index (χ2n) is 7.00. The molecule has 1 atom stereocenters. The minimum absolute atomic E-state index is 0.0421. The fourth-order valence-electron chi connectivity index (χ4n) is 3.06. The smallest absolute Gasteiger partial charge is 0.238 e. The molecule has 2 N–H and O–H groups in total. The van der Waals surface area contributed by atoms with Crippen molar-refractivity contribution >= 4 is 23.2 Å². The van der Waals surface area contributed by atoms with Gasteiger partial charge in [0.1, 0.15) is 0 Å². The first-order valence-corrected chi connectivity index (χ1v) is 9.65. The van der Waals surface area contributed by atoms with Crippen LogP contribution < -0.4 is 10.6 Å². The third-order valence-electron chi connectivity index (χ3n) is 4.77. The Morgan fingerprint density at radius 2 is 1.71 bits per heavy atom. The molecule has 3 aromatic rings. The van der Waals surface area contributed by atoms with Crippen molar-refractivity contribution in [2.45, 2.75) is 33.7 Å². The average Bonchev–Trinajstić information content (AvgIpc) is 2.95. The van der Waals surface area contributed by atoms with E-state index in [1.54, 1.807) is 0 Å². The largest absolute Gasteiger partial charge is 0.322 e. The highest BCUT2D eigenvalue weighted by Gasteiger charge is 2.16. The number of rotatable bonds is 6. The lowest BCUT2D eigenvalue weighted by atomic mass is 10.1. The summed E-state index contributed by atoms with van der Waals surface area (Å²) in [5.41, 5.74) is 5.70. The number of benzene rings is 2. The molecule has 146 valence electrons. The number of anilines is 1. The van der Waals surface area contributed by atoms with Crippen LogP contribution in [0, 0.1) is 20.8 Å². The number of aryl methyl sites for hydroxylation is 2. The molecule has 6 heteroatoms. The Kier molecular flexibility index (Phi) is 6.17. The van der Waals surface area contributed by atoms with Gasteiger partial charge in [-0.1, -0.05) is 41.4 Å². The van der Waals surface area contributed by atoms with Crippen molar-refractivity contribution in [3.8, 4) is 5.69 Å². The van der Waals surface area contributed by atoms with Crippen LogP contribution in [0.15, 0.2) is 48.5 Å². The van der Waals surface area contributed by atoms with Crippen LogP contribution >= 0.6 is 11.6 Å². The molecular formula is C22H25ClN4O. The summed E-state index contributed by atoms with van der Waals surface area (Å²) < 4.78 is 1.86. The first-order valence-electron chi connectivity index (χ1n) is 9.27. The monoisotopic (exact) mass is 396 g/mol. The molecule has 1 heterocycles. The second kappa shape index (κ2) is 8.59. The van der Waals surface area contributed by atoms with Gasteiger partial charge in [0.2, 0.25) is 5.91 Å². The van der Waals surface area contributed by atoms with E-state index in [9.17, 15) is 4.79 Å². The maximum atomic E-state index is 12.5. The predicted octanol–water partition coefficient (Wildman–Crippen LogP) is 4.74. The first kappa shape index (κ1) is 20.1. The lowest BCUT2D eigenvalue weighted by Gasteiger charge is -2.14. The molecule has 0 unspecified atom stereocenters. The highest BCUT2D eigenvalue weighted by Crippen LogP contribution is 2.23. The van der Waals surface area contributed by atoms with Gasteiger partial charge < -0.3 is 10.6 Å². The van der Waals surface area contributed by atoms with Gasteiger partial charge in [-0.25, -0.2) is 4.68 Å². The molecule has 0 spiro atoms. The normalized spacial score (nSPS) is 12.0. The summed E-state index contributed by atoms with van der Waals surface area (Å²) in [6.45, 7) is 8.13. The fraction of sp³-hybridized carbons (Fsp3) is 0.273. The Morgan fingerprint density at radius 3 is 2.36 bits per heavy atom. The molecule has 28 heavy (non-hydrogen) atoms. The van der Waals surface area contributed by atoms with Gasteiger partial charge in [0.15, 0.2) is 0 Å². The van der Waals surface area contributed by atoms with E-state index in [4.69, 9.17) is 11.6 Å². The van der Waals surface area contributed by atoms with E-state index in [2.05, 4.69) is 22.7 Å². The average molecular weight is 397 g/mol. The van der Waals surface area contributed by atoms with Crippen LogP contribution in [0.5, 0.6) is 0 Å². The Morgan fingerprint density at radius 1 is 1.07 bits per heavy atom. The summed E-state index contributed by atoms with van der Waals surface area (Å²) in [6, 6.07) is 15.8. The molecule has 1 amide bonds. The van der Waals surface area contributed by atoms with E-state index in [1.807, 2.05) is 74.0 Å². The molecule has 3 rings (SSSR count). The maximum absolute atomic E-state index is 12.5. The molecule has 0 radical (unpaired) electrons. The third kappa shape index (κ3) is 4.61. The number of aromatic nitrogens is 2. The molecule has 0 bridgehead atoms. The lowest BCUT2D eigenvalue weighted by molar-refractivity contribution is -0.115. The van der Waals surface area contributed by atoms with E-state index in [0.29, 0.717) is 5.02 Å². The zero-order chi connectivity index (χ0) is 20.3.